The highest BCUT2D eigenvalue weighted by molar-refractivity contribution is 5.94. The lowest BCUT2D eigenvalue weighted by Crippen LogP contribution is -2.50. The maximum Gasteiger partial charge on any atom is 0.272 e. The second kappa shape index (κ2) is 7.32. The fourth-order valence-corrected chi connectivity index (χ4v) is 3.49. The monoisotopic (exact) mass is 366 g/mol. The summed E-state index contributed by atoms with van der Waals surface area (Å²) in [6.07, 6.45) is 3.50. The summed E-state index contributed by atoms with van der Waals surface area (Å²) in [5.74, 6) is 0.0202. The molecule has 27 heavy (non-hydrogen) atoms. The fourth-order valence-electron chi connectivity index (χ4n) is 3.49. The first-order chi connectivity index (χ1) is 13.1. The Bertz CT molecular complexity index is 1020. The number of carbonyl (C=O) groups excluding carboxylic acids is 1. The van der Waals surface area contributed by atoms with Crippen LogP contribution in [0, 0.1) is 6.92 Å². The zero-order valence-corrected chi connectivity index (χ0v) is 15.3. The van der Waals surface area contributed by atoms with Crippen LogP contribution in [0.15, 0.2) is 47.5 Å². The minimum Gasteiger partial charge on any atom is -0.335 e. The molecule has 8 heteroatoms. The van der Waals surface area contributed by atoms with Crippen molar-refractivity contribution in [1.29, 1.82) is 0 Å². The standard InChI is InChI=1S/C19H22N6O2/c1-15-18(24-8-3-2-5-16(24)21-15)19(27)23-12-9-22(10-13-23)11-14-25-17(26)6-4-7-20-25/h2-8H,9-14H2,1H3. The molecule has 140 valence electrons. The molecule has 4 heterocycles. The molecule has 0 aromatic carbocycles. The van der Waals surface area contributed by atoms with Crippen molar-refractivity contribution < 1.29 is 4.79 Å². The third-order valence-corrected chi connectivity index (χ3v) is 4.98. The molecular formula is C19H22N6O2. The van der Waals surface area contributed by atoms with Gasteiger partial charge in [0.2, 0.25) is 0 Å². The summed E-state index contributed by atoms with van der Waals surface area (Å²) in [4.78, 5) is 33.4. The molecule has 1 saturated heterocycles. The van der Waals surface area contributed by atoms with Crippen LogP contribution in [0.4, 0.5) is 0 Å². The predicted molar refractivity (Wildman–Crippen MR) is 101 cm³/mol. The number of pyridine rings is 1. The molecule has 0 aliphatic carbocycles. The molecule has 0 bridgehead atoms. The van der Waals surface area contributed by atoms with E-state index in [9.17, 15) is 9.59 Å². The van der Waals surface area contributed by atoms with E-state index in [0.717, 1.165) is 31.0 Å². The lowest BCUT2D eigenvalue weighted by molar-refractivity contribution is 0.0624. The quantitative estimate of drug-likeness (QED) is 0.678. The molecule has 1 fully saturated rings. The van der Waals surface area contributed by atoms with E-state index >= 15 is 0 Å². The van der Waals surface area contributed by atoms with Gasteiger partial charge >= 0.3 is 0 Å². The zero-order chi connectivity index (χ0) is 18.8. The number of nitrogens with zero attached hydrogens (tertiary/aromatic N) is 6. The number of hydrogen-bond acceptors (Lipinski definition) is 5. The van der Waals surface area contributed by atoms with Crippen LogP contribution in [0.5, 0.6) is 0 Å². The number of imidazole rings is 1. The van der Waals surface area contributed by atoms with E-state index in [1.54, 1.807) is 12.3 Å². The Balaban J connectivity index is 1.39. The molecule has 3 aromatic heterocycles. The van der Waals surface area contributed by atoms with E-state index < -0.39 is 0 Å². The summed E-state index contributed by atoms with van der Waals surface area (Å²) in [6.45, 7) is 6.06. The molecule has 8 nitrogen and oxygen atoms in total. The first-order valence-electron chi connectivity index (χ1n) is 9.11. The van der Waals surface area contributed by atoms with Gasteiger partial charge in [-0.05, 0) is 25.1 Å². The highest BCUT2D eigenvalue weighted by Gasteiger charge is 2.26. The number of amides is 1. The van der Waals surface area contributed by atoms with Gasteiger partial charge in [-0.3, -0.25) is 18.9 Å². The van der Waals surface area contributed by atoms with Crippen molar-refractivity contribution in [2.45, 2.75) is 13.5 Å². The van der Waals surface area contributed by atoms with E-state index in [4.69, 9.17) is 0 Å². The van der Waals surface area contributed by atoms with E-state index in [0.29, 0.717) is 25.3 Å². The average molecular weight is 366 g/mol. The first-order valence-corrected chi connectivity index (χ1v) is 9.11. The van der Waals surface area contributed by atoms with Crippen molar-refractivity contribution in [2.24, 2.45) is 0 Å². The van der Waals surface area contributed by atoms with Crippen molar-refractivity contribution in [3.05, 3.63) is 64.5 Å². The Kier molecular flexibility index (Phi) is 4.72. The summed E-state index contributed by atoms with van der Waals surface area (Å²) in [6, 6.07) is 8.89. The van der Waals surface area contributed by atoms with Crippen LogP contribution in [-0.4, -0.2) is 67.6 Å². The van der Waals surface area contributed by atoms with Gasteiger partial charge in [-0.15, -0.1) is 0 Å². The van der Waals surface area contributed by atoms with Crippen LogP contribution >= 0.6 is 0 Å². The maximum atomic E-state index is 13.0. The SMILES string of the molecule is Cc1nc2ccccn2c1C(=O)N1CCN(CCn2ncccc2=O)CC1. The Morgan fingerprint density at radius 2 is 1.89 bits per heavy atom. The summed E-state index contributed by atoms with van der Waals surface area (Å²) in [7, 11) is 0. The van der Waals surface area contributed by atoms with Gasteiger partial charge in [0.25, 0.3) is 11.5 Å². The Labute approximate surface area is 156 Å². The third kappa shape index (κ3) is 3.48. The van der Waals surface area contributed by atoms with E-state index in [2.05, 4.69) is 15.0 Å². The topological polar surface area (TPSA) is 75.7 Å². The van der Waals surface area contributed by atoms with Crippen LogP contribution in [0.2, 0.25) is 0 Å². The number of rotatable bonds is 4. The normalized spacial score (nSPS) is 15.4. The fraction of sp³-hybridized carbons (Fsp3) is 0.368. The molecule has 1 amide bonds. The summed E-state index contributed by atoms with van der Waals surface area (Å²) >= 11 is 0. The molecule has 0 unspecified atom stereocenters. The summed E-state index contributed by atoms with van der Waals surface area (Å²) in [5, 5.41) is 4.08. The van der Waals surface area contributed by atoms with Gasteiger partial charge in [0.05, 0.1) is 12.2 Å². The van der Waals surface area contributed by atoms with Crippen molar-refractivity contribution in [1.82, 2.24) is 29.0 Å². The second-order valence-corrected chi connectivity index (χ2v) is 6.69. The van der Waals surface area contributed by atoms with Crippen molar-refractivity contribution in [3.8, 4) is 0 Å². The zero-order valence-electron chi connectivity index (χ0n) is 15.3. The Hall–Kier alpha value is -3.00. The molecule has 0 atom stereocenters. The molecule has 1 aliphatic heterocycles. The Morgan fingerprint density at radius 3 is 2.67 bits per heavy atom. The third-order valence-electron chi connectivity index (χ3n) is 4.98. The van der Waals surface area contributed by atoms with E-state index in [1.807, 2.05) is 40.6 Å². The van der Waals surface area contributed by atoms with Crippen molar-refractivity contribution >= 4 is 11.6 Å². The Morgan fingerprint density at radius 1 is 1.07 bits per heavy atom. The molecule has 0 N–H and O–H groups in total. The van der Waals surface area contributed by atoms with Gasteiger partial charge < -0.3 is 4.90 Å². The summed E-state index contributed by atoms with van der Waals surface area (Å²) in [5.41, 5.74) is 2.09. The van der Waals surface area contributed by atoms with E-state index in [-0.39, 0.29) is 11.5 Å². The van der Waals surface area contributed by atoms with Crippen LogP contribution in [0.1, 0.15) is 16.2 Å². The maximum absolute atomic E-state index is 13.0. The minimum atomic E-state index is -0.0885. The lowest BCUT2D eigenvalue weighted by Gasteiger charge is -2.34. The smallest absolute Gasteiger partial charge is 0.272 e. The molecule has 0 radical (unpaired) electrons. The van der Waals surface area contributed by atoms with Crippen molar-refractivity contribution in [3.63, 3.8) is 0 Å². The molecule has 1 aliphatic rings. The van der Waals surface area contributed by atoms with Crippen LogP contribution in [0.25, 0.3) is 5.65 Å². The van der Waals surface area contributed by atoms with Gasteiger partial charge in [0.15, 0.2) is 0 Å². The van der Waals surface area contributed by atoms with Crippen LogP contribution in [0.3, 0.4) is 0 Å². The van der Waals surface area contributed by atoms with E-state index in [1.165, 1.54) is 10.7 Å². The van der Waals surface area contributed by atoms with Crippen LogP contribution in [-0.2, 0) is 6.54 Å². The second-order valence-electron chi connectivity index (χ2n) is 6.69. The van der Waals surface area contributed by atoms with Gasteiger partial charge in [0, 0.05) is 51.2 Å². The first kappa shape index (κ1) is 17.4. The van der Waals surface area contributed by atoms with Gasteiger partial charge in [-0.2, -0.15) is 5.10 Å². The van der Waals surface area contributed by atoms with Gasteiger partial charge in [-0.25, -0.2) is 9.67 Å². The lowest BCUT2D eigenvalue weighted by atomic mass is 10.2. The van der Waals surface area contributed by atoms with Gasteiger partial charge in [-0.1, -0.05) is 6.07 Å². The molecule has 0 saturated carbocycles. The van der Waals surface area contributed by atoms with Crippen LogP contribution < -0.4 is 5.56 Å². The highest BCUT2D eigenvalue weighted by atomic mass is 16.2. The number of hydrogen-bond donors (Lipinski definition) is 0. The summed E-state index contributed by atoms with van der Waals surface area (Å²) < 4.78 is 3.33. The number of piperazine rings is 1. The number of fused-ring (bicyclic) bond motifs is 1. The van der Waals surface area contributed by atoms with Crippen molar-refractivity contribution in [2.75, 3.05) is 32.7 Å². The predicted octanol–water partition coefficient (Wildman–Crippen LogP) is 0.657. The average Bonchev–Trinajstić information content (AvgIpc) is 3.03. The largest absolute Gasteiger partial charge is 0.335 e. The molecular weight excluding hydrogens is 344 g/mol. The molecule has 0 spiro atoms. The van der Waals surface area contributed by atoms with Gasteiger partial charge in [0.1, 0.15) is 11.3 Å². The number of aromatic nitrogens is 4. The highest BCUT2D eigenvalue weighted by Crippen LogP contribution is 2.15. The minimum absolute atomic E-state index is 0.0202. The number of aryl methyl sites for hydroxylation is 1. The number of carbonyl (C=O) groups is 1. The molecule has 4 rings (SSSR count). The molecule has 3 aromatic rings.